The highest BCUT2D eigenvalue weighted by Crippen LogP contribution is 2.30. The third-order valence-electron chi connectivity index (χ3n) is 4.84. The summed E-state index contributed by atoms with van der Waals surface area (Å²) in [6.07, 6.45) is -3.53. The highest BCUT2D eigenvalue weighted by molar-refractivity contribution is 5.98. The lowest BCUT2D eigenvalue weighted by Crippen LogP contribution is -2.37. The van der Waals surface area contributed by atoms with Crippen LogP contribution in [0.4, 0.5) is 13.2 Å². The summed E-state index contributed by atoms with van der Waals surface area (Å²) < 4.78 is 39.3. The van der Waals surface area contributed by atoms with E-state index in [1.165, 1.54) is 12.3 Å². The van der Waals surface area contributed by atoms with Gasteiger partial charge in [-0.1, -0.05) is 24.3 Å². The molecule has 1 amide bonds. The minimum atomic E-state index is -5.19. The minimum absolute atomic E-state index is 0.112. The van der Waals surface area contributed by atoms with Gasteiger partial charge in [-0.3, -0.25) is 9.78 Å². The Kier molecular flexibility index (Phi) is 5.24. The lowest BCUT2D eigenvalue weighted by atomic mass is 10.1. The molecular formula is C21H16F3N3O4. The summed E-state index contributed by atoms with van der Waals surface area (Å²) in [6, 6.07) is 11.5. The molecular weight excluding hydrogens is 415 g/mol. The molecule has 0 fully saturated rings. The third-order valence-corrected chi connectivity index (χ3v) is 4.84. The third kappa shape index (κ3) is 4.02. The molecule has 0 saturated carbocycles. The highest BCUT2D eigenvalue weighted by atomic mass is 19.4. The molecule has 2 N–H and O–H groups in total. The molecule has 1 aliphatic rings. The molecule has 3 aromatic rings. The van der Waals surface area contributed by atoms with Crippen molar-refractivity contribution >= 4 is 11.9 Å². The van der Waals surface area contributed by atoms with Gasteiger partial charge in [-0.25, -0.2) is 4.79 Å². The number of aliphatic hydroxyl groups is 1. The van der Waals surface area contributed by atoms with Gasteiger partial charge in [-0.05, 0) is 23.8 Å². The first-order valence-electron chi connectivity index (χ1n) is 9.27. The number of amides is 1. The Bertz CT molecular complexity index is 1150. The van der Waals surface area contributed by atoms with Gasteiger partial charge >= 0.3 is 12.1 Å². The maximum Gasteiger partial charge on any atom is 0.493 e. The van der Waals surface area contributed by atoms with Crippen LogP contribution in [0.3, 0.4) is 0 Å². The van der Waals surface area contributed by atoms with Gasteiger partial charge < -0.3 is 15.3 Å². The summed E-state index contributed by atoms with van der Waals surface area (Å²) in [5.74, 6) is -2.84. The van der Waals surface area contributed by atoms with E-state index in [-0.39, 0.29) is 36.5 Å². The van der Waals surface area contributed by atoms with Gasteiger partial charge in [0.25, 0.3) is 5.91 Å². The quantitative estimate of drug-likeness (QED) is 0.662. The van der Waals surface area contributed by atoms with E-state index in [2.05, 4.69) is 15.1 Å². The van der Waals surface area contributed by atoms with E-state index in [0.29, 0.717) is 22.4 Å². The number of carbonyl (C=O) groups is 2. The van der Waals surface area contributed by atoms with Crippen molar-refractivity contribution in [2.75, 3.05) is 6.54 Å². The van der Waals surface area contributed by atoms with Gasteiger partial charge in [0.05, 0.1) is 29.3 Å². The molecule has 0 radical (unpaired) electrons. The van der Waals surface area contributed by atoms with Crippen LogP contribution in [0.1, 0.15) is 21.6 Å². The summed E-state index contributed by atoms with van der Waals surface area (Å²) in [6.45, 7) is 0.0944. The summed E-state index contributed by atoms with van der Waals surface area (Å²) in [7, 11) is 0. The number of aliphatic hydroxyl groups excluding tert-OH is 1. The van der Waals surface area contributed by atoms with Crippen molar-refractivity contribution in [2.24, 2.45) is 0 Å². The molecule has 0 aliphatic carbocycles. The molecule has 31 heavy (non-hydrogen) atoms. The van der Waals surface area contributed by atoms with E-state index in [1.807, 2.05) is 0 Å². The van der Waals surface area contributed by atoms with E-state index in [4.69, 9.17) is 0 Å². The Balaban J connectivity index is 1.80. The zero-order chi connectivity index (χ0) is 22.2. The lowest BCUT2D eigenvalue weighted by Gasteiger charge is -2.17. The molecule has 7 nitrogen and oxygen atoms in total. The molecule has 160 valence electrons. The molecule has 10 heteroatoms. The molecule has 0 bridgehead atoms. The Labute approximate surface area is 174 Å². The van der Waals surface area contributed by atoms with Gasteiger partial charge in [-0.2, -0.15) is 17.9 Å². The molecule has 1 aromatic carbocycles. The number of benzene rings is 1. The lowest BCUT2D eigenvalue weighted by molar-refractivity contribution is -0.199. The second kappa shape index (κ2) is 7.88. The van der Waals surface area contributed by atoms with Gasteiger partial charge in [-0.15, -0.1) is 0 Å². The molecule has 4 rings (SSSR count). The molecule has 0 unspecified atom stereocenters. The summed E-state index contributed by atoms with van der Waals surface area (Å²) in [4.78, 5) is 32.7. The second-order valence-corrected chi connectivity index (χ2v) is 6.85. The van der Waals surface area contributed by atoms with Crippen molar-refractivity contribution in [3.05, 3.63) is 65.5 Å². The number of aromatic nitrogens is 2. The number of carbonyl (C=O) groups excluding carboxylic acids is 2. The van der Waals surface area contributed by atoms with Crippen LogP contribution in [0.2, 0.25) is 0 Å². The van der Waals surface area contributed by atoms with Crippen molar-refractivity contribution in [1.82, 2.24) is 15.0 Å². The molecule has 0 spiro atoms. The van der Waals surface area contributed by atoms with E-state index in [9.17, 15) is 27.9 Å². The zero-order valence-corrected chi connectivity index (χ0v) is 15.9. The zero-order valence-electron chi connectivity index (χ0n) is 15.9. The molecule has 0 saturated heterocycles. The first kappa shape index (κ1) is 20.6. The smallest absolute Gasteiger partial charge is 0.392 e. The standard InChI is InChI=1S/C21H16F3N3O4/c22-21(23,24)20(30)31-27-17-6-8-26-19(29)15(17)10-18(27)14-5-7-25-16(9-14)13-3-1-12(11-28)2-4-13/h1-5,7,9-10,28H,6,8,11H2,(H,26,29). The van der Waals surface area contributed by atoms with E-state index >= 15 is 0 Å². The van der Waals surface area contributed by atoms with Crippen LogP contribution in [0.15, 0.2) is 48.7 Å². The normalized spacial score (nSPS) is 13.5. The number of nitrogens with one attached hydrogen (secondary N) is 1. The fraction of sp³-hybridized carbons (Fsp3) is 0.190. The van der Waals surface area contributed by atoms with Gasteiger partial charge in [0.2, 0.25) is 0 Å². The Morgan fingerprint density at radius 1 is 1.16 bits per heavy atom. The van der Waals surface area contributed by atoms with Crippen LogP contribution in [0.25, 0.3) is 22.5 Å². The van der Waals surface area contributed by atoms with Gasteiger partial charge in [0, 0.05) is 30.3 Å². The largest absolute Gasteiger partial charge is 0.493 e. The summed E-state index contributed by atoms with van der Waals surface area (Å²) >= 11 is 0. The van der Waals surface area contributed by atoms with Crippen LogP contribution in [0.5, 0.6) is 0 Å². The number of alkyl halides is 3. The van der Waals surface area contributed by atoms with Gasteiger partial charge in [0.15, 0.2) is 0 Å². The SMILES string of the molecule is O=C1NCCc2c1cc(-c1ccnc(-c3ccc(CO)cc3)c1)n2OC(=O)C(F)(F)F. The van der Waals surface area contributed by atoms with Crippen molar-refractivity contribution in [1.29, 1.82) is 0 Å². The van der Waals surface area contributed by atoms with Crippen LogP contribution in [-0.4, -0.2) is 39.4 Å². The number of pyridine rings is 1. The monoisotopic (exact) mass is 431 g/mol. The van der Waals surface area contributed by atoms with Crippen LogP contribution >= 0.6 is 0 Å². The molecule has 2 aromatic heterocycles. The predicted molar refractivity (Wildman–Crippen MR) is 103 cm³/mol. The Hall–Kier alpha value is -3.66. The number of hydrogen-bond donors (Lipinski definition) is 2. The average Bonchev–Trinajstić information content (AvgIpc) is 3.13. The second-order valence-electron chi connectivity index (χ2n) is 6.85. The highest BCUT2D eigenvalue weighted by Gasteiger charge is 2.43. The number of fused-ring (bicyclic) bond motifs is 1. The van der Waals surface area contributed by atoms with E-state index in [0.717, 1.165) is 4.73 Å². The van der Waals surface area contributed by atoms with Crippen LogP contribution < -0.4 is 10.2 Å². The van der Waals surface area contributed by atoms with Gasteiger partial charge in [0.1, 0.15) is 0 Å². The fourth-order valence-electron chi connectivity index (χ4n) is 3.32. The Morgan fingerprint density at radius 3 is 2.58 bits per heavy atom. The van der Waals surface area contributed by atoms with Crippen molar-refractivity contribution < 1.29 is 32.7 Å². The maximum absolute atomic E-state index is 12.8. The predicted octanol–water partition coefficient (Wildman–Crippen LogP) is 2.51. The number of halogens is 3. The minimum Gasteiger partial charge on any atom is -0.392 e. The van der Waals surface area contributed by atoms with Crippen molar-refractivity contribution in [3.8, 4) is 22.5 Å². The van der Waals surface area contributed by atoms with Crippen LogP contribution in [-0.2, 0) is 17.8 Å². The molecule has 3 heterocycles. The summed E-state index contributed by atoms with van der Waals surface area (Å²) in [5, 5.41) is 11.8. The van der Waals surface area contributed by atoms with E-state index < -0.39 is 18.1 Å². The van der Waals surface area contributed by atoms with Crippen molar-refractivity contribution in [2.45, 2.75) is 19.2 Å². The first-order chi connectivity index (χ1) is 14.8. The Morgan fingerprint density at radius 2 is 1.90 bits per heavy atom. The van der Waals surface area contributed by atoms with E-state index in [1.54, 1.807) is 36.4 Å². The first-order valence-corrected chi connectivity index (χ1v) is 9.27. The number of hydrogen-bond acceptors (Lipinski definition) is 5. The van der Waals surface area contributed by atoms with Crippen molar-refractivity contribution in [3.63, 3.8) is 0 Å². The fourth-order valence-corrected chi connectivity index (χ4v) is 3.32. The molecule has 0 atom stereocenters. The average molecular weight is 431 g/mol. The topological polar surface area (TPSA) is 93.5 Å². The van der Waals surface area contributed by atoms with Crippen LogP contribution in [0, 0.1) is 0 Å². The maximum atomic E-state index is 12.8. The number of rotatable bonds is 4. The number of nitrogens with zero attached hydrogens (tertiary/aromatic N) is 2. The molecule has 1 aliphatic heterocycles. The summed E-state index contributed by atoms with van der Waals surface area (Å²) in [5.41, 5.74) is 2.80.